The van der Waals surface area contributed by atoms with E-state index in [4.69, 9.17) is 4.74 Å². The standard InChI is InChI=1S/C19H27FN2O3/c20-17-12-14(3-4-18(17)22-8-5-16(23)6-9-22)13-21-19(24)15-2-1-10-25-11-7-15/h3-4,12,15-16,23H,1-2,5-11,13H2,(H,21,24). The molecule has 1 unspecified atom stereocenters. The van der Waals surface area contributed by atoms with Crippen LogP contribution in [0.3, 0.4) is 0 Å². The molecule has 2 aliphatic rings. The SMILES string of the molecule is O=C(NCc1ccc(N2CCC(O)CC2)c(F)c1)C1CCCOCC1. The second kappa shape index (κ2) is 8.63. The summed E-state index contributed by atoms with van der Waals surface area (Å²) in [6, 6.07) is 5.13. The molecule has 0 saturated carbocycles. The second-order valence-corrected chi connectivity index (χ2v) is 6.96. The predicted molar refractivity (Wildman–Crippen MR) is 93.9 cm³/mol. The Morgan fingerprint density at radius 1 is 1.24 bits per heavy atom. The number of halogens is 1. The number of hydrogen-bond acceptors (Lipinski definition) is 4. The summed E-state index contributed by atoms with van der Waals surface area (Å²) in [6.45, 7) is 3.03. The van der Waals surface area contributed by atoms with E-state index in [0.29, 0.717) is 44.8 Å². The number of nitrogens with zero attached hydrogens (tertiary/aromatic N) is 1. The van der Waals surface area contributed by atoms with Crippen LogP contribution in [0.25, 0.3) is 0 Å². The van der Waals surface area contributed by atoms with Crippen molar-refractivity contribution in [1.82, 2.24) is 5.32 Å². The fourth-order valence-corrected chi connectivity index (χ4v) is 3.52. The molecule has 5 nitrogen and oxygen atoms in total. The lowest BCUT2D eigenvalue weighted by atomic mass is 10.00. The van der Waals surface area contributed by atoms with E-state index < -0.39 is 0 Å². The van der Waals surface area contributed by atoms with Crippen LogP contribution in [0.2, 0.25) is 0 Å². The van der Waals surface area contributed by atoms with E-state index in [0.717, 1.165) is 31.4 Å². The molecule has 2 fully saturated rings. The number of rotatable bonds is 4. The molecule has 25 heavy (non-hydrogen) atoms. The van der Waals surface area contributed by atoms with Crippen molar-refractivity contribution in [3.63, 3.8) is 0 Å². The molecule has 0 aliphatic carbocycles. The monoisotopic (exact) mass is 350 g/mol. The van der Waals surface area contributed by atoms with Crippen molar-refractivity contribution >= 4 is 11.6 Å². The minimum atomic E-state index is -0.275. The van der Waals surface area contributed by atoms with Crippen LogP contribution < -0.4 is 10.2 Å². The number of aliphatic hydroxyl groups excluding tert-OH is 1. The zero-order valence-electron chi connectivity index (χ0n) is 14.5. The number of benzene rings is 1. The van der Waals surface area contributed by atoms with E-state index in [-0.39, 0.29) is 23.7 Å². The first-order chi connectivity index (χ1) is 12.1. The lowest BCUT2D eigenvalue weighted by Crippen LogP contribution is -2.36. The first-order valence-electron chi connectivity index (χ1n) is 9.20. The van der Waals surface area contributed by atoms with E-state index in [1.54, 1.807) is 6.07 Å². The van der Waals surface area contributed by atoms with Crippen molar-refractivity contribution in [2.45, 2.75) is 44.8 Å². The largest absolute Gasteiger partial charge is 0.393 e. The van der Waals surface area contributed by atoms with E-state index in [1.165, 1.54) is 6.07 Å². The lowest BCUT2D eigenvalue weighted by molar-refractivity contribution is -0.125. The van der Waals surface area contributed by atoms with Crippen LogP contribution >= 0.6 is 0 Å². The third-order valence-electron chi connectivity index (χ3n) is 5.11. The minimum absolute atomic E-state index is 0.00797. The molecule has 2 saturated heterocycles. The molecule has 1 atom stereocenters. The minimum Gasteiger partial charge on any atom is -0.393 e. The van der Waals surface area contributed by atoms with Gasteiger partial charge >= 0.3 is 0 Å². The Hall–Kier alpha value is -1.66. The number of piperidine rings is 1. The van der Waals surface area contributed by atoms with Gasteiger partial charge in [-0.15, -0.1) is 0 Å². The van der Waals surface area contributed by atoms with Gasteiger partial charge < -0.3 is 20.1 Å². The summed E-state index contributed by atoms with van der Waals surface area (Å²) < 4.78 is 19.8. The van der Waals surface area contributed by atoms with E-state index in [2.05, 4.69) is 5.32 Å². The van der Waals surface area contributed by atoms with Crippen LogP contribution in [0.4, 0.5) is 10.1 Å². The molecule has 0 bridgehead atoms. The summed E-state index contributed by atoms with van der Waals surface area (Å²) in [5.74, 6) is -0.252. The quantitative estimate of drug-likeness (QED) is 0.874. The molecule has 1 amide bonds. The Kier molecular flexibility index (Phi) is 6.26. The van der Waals surface area contributed by atoms with Crippen molar-refractivity contribution in [3.05, 3.63) is 29.6 Å². The molecule has 0 aromatic heterocycles. The number of anilines is 1. The first kappa shape index (κ1) is 18.1. The molecule has 2 N–H and O–H groups in total. The maximum Gasteiger partial charge on any atom is 0.223 e. The number of aliphatic hydroxyl groups is 1. The Balaban J connectivity index is 1.54. The molecular formula is C19H27FN2O3. The van der Waals surface area contributed by atoms with Gasteiger partial charge in [0.2, 0.25) is 5.91 Å². The zero-order chi connectivity index (χ0) is 17.6. The van der Waals surface area contributed by atoms with E-state index in [1.807, 2.05) is 11.0 Å². The van der Waals surface area contributed by atoms with Gasteiger partial charge in [-0.3, -0.25) is 4.79 Å². The van der Waals surface area contributed by atoms with Crippen LogP contribution in [0.1, 0.15) is 37.7 Å². The Morgan fingerprint density at radius 3 is 2.80 bits per heavy atom. The maximum absolute atomic E-state index is 14.4. The fraction of sp³-hybridized carbons (Fsp3) is 0.632. The molecule has 1 aromatic rings. The van der Waals surface area contributed by atoms with Gasteiger partial charge in [0.25, 0.3) is 0 Å². The highest BCUT2D eigenvalue weighted by Crippen LogP contribution is 2.24. The Labute approximate surface area is 148 Å². The molecule has 138 valence electrons. The van der Waals surface area contributed by atoms with Gasteiger partial charge in [-0.1, -0.05) is 6.07 Å². The summed E-state index contributed by atoms with van der Waals surface area (Å²) in [5, 5.41) is 12.5. The Morgan fingerprint density at radius 2 is 2.04 bits per heavy atom. The summed E-state index contributed by atoms with van der Waals surface area (Å²) in [7, 11) is 0. The van der Waals surface area contributed by atoms with Gasteiger partial charge in [-0.05, 0) is 49.8 Å². The molecule has 6 heteroatoms. The van der Waals surface area contributed by atoms with Gasteiger partial charge in [-0.2, -0.15) is 0 Å². The second-order valence-electron chi connectivity index (χ2n) is 6.96. The van der Waals surface area contributed by atoms with E-state index in [9.17, 15) is 14.3 Å². The topological polar surface area (TPSA) is 61.8 Å². The third kappa shape index (κ3) is 4.92. The van der Waals surface area contributed by atoms with Crippen LogP contribution in [-0.2, 0) is 16.1 Å². The molecular weight excluding hydrogens is 323 g/mol. The number of nitrogens with one attached hydrogen (secondary N) is 1. The molecule has 3 rings (SSSR count). The van der Waals surface area contributed by atoms with Gasteiger partial charge in [0.05, 0.1) is 11.8 Å². The molecule has 2 aliphatic heterocycles. The fourth-order valence-electron chi connectivity index (χ4n) is 3.52. The number of carbonyl (C=O) groups is 1. The summed E-state index contributed by atoms with van der Waals surface area (Å²) >= 11 is 0. The average Bonchev–Trinajstić information content (AvgIpc) is 2.90. The molecule has 1 aromatic carbocycles. The number of amides is 1. The summed E-state index contributed by atoms with van der Waals surface area (Å²) in [6.07, 6.45) is 3.57. The van der Waals surface area contributed by atoms with Crippen LogP contribution in [-0.4, -0.2) is 43.4 Å². The van der Waals surface area contributed by atoms with Gasteiger partial charge in [0, 0.05) is 38.8 Å². The van der Waals surface area contributed by atoms with Crippen LogP contribution in [0.5, 0.6) is 0 Å². The summed E-state index contributed by atoms with van der Waals surface area (Å²) in [4.78, 5) is 14.2. The average molecular weight is 350 g/mol. The third-order valence-corrected chi connectivity index (χ3v) is 5.11. The van der Waals surface area contributed by atoms with E-state index >= 15 is 0 Å². The maximum atomic E-state index is 14.4. The number of ether oxygens (including phenoxy) is 1. The molecule has 0 radical (unpaired) electrons. The van der Waals surface area contributed by atoms with Gasteiger partial charge in [0.15, 0.2) is 0 Å². The Bertz CT molecular complexity index is 580. The molecule has 0 spiro atoms. The first-order valence-corrected chi connectivity index (χ1v) is 9.20. The van der Waals surface area contributed by atoms with Crippen molar-refractivity contribution in [2.75, 3.05) is 31.2 Å². The molecule has 2 heterocycles. The van der Waals surface area contributed by atoms with Crippen LogP contribution in [0.15, 0.2) is 18.2 Å². The highest BCUT2D eigenvalue weighted by molar-refractivity contribution is 5.78. The zero-order valence-corrected chi connectivity index (χ0v) is 14.5. The van der Waals surface area contributed by atoms with Crippen molar-refractivity contribution in [2.24, 2.45) is 5.92 Å². The normalized spacial score (nSPS) is 22.5. The number of carbonyl (C=O) groups excluding carboxylic acids is 1. The summed E-state index contributed by atoms with van der Waals surface area (Å²) in [5.41, 5.74) is 1.33. The van der Waals surface area contributed by atoms with Crippen LogP contribution in [0, 0.1) is 11.7 Å². The highest BCUT2D eigenvalue weighted by atomic mass is 19.1. The van der Waals surface area contributed by atoms with Gasteiger partial charge in [0.1, 0.15) is 5.82 Å². The number of hydrogen-bond donors (Lipinski definition) is 2. The lowest BCUT2D eigenvalue weighted by Gasteiger charge is -2.31. The smallest absolute Gasteiger partial charge is 0.223 e. The van der Waals surface area contributed by atoms with Crippen molar-refractivity contribution in [1.29, 1.82) is 0 Å². The van der Waals surface area contributed by atoms with Crippen molar-refractivity contribution < 1.29 is 19.0 Å². The predicted octanol–water partition coefficient (Wildman–Crippen LogP) is 2.22. The highest BCUT2D eigenvalue weighted by Gasteiger charge is 2.21. The van der Waals surface area contributed by atoms with Gasteiger partial charge in [-0.25, -0.2) is 4.39 Å². The van der Waals surface area contributed by atoms with Crippen molar-refractivity contribution in [3.8, 4) is 0 Å².